The largest absolute Gasteiger partial charge is 0.356 e. The zero-order valence-corrected chi connectivity index (χ0v) is 16.7. The van der Waals surface area contributed by atoms with Gasteiger partial charge in [0.05, 0.1) is 5.35 Å². The summed E-state index contributed by atoms with van der Waals surface area (Å²) in [6, 6.07) is 3.37. The average Bonchev–Trinajstić information content (AvgIpc) is 3.23. The number of fused-ring (bicyclic) bond motifs is 1. The summed E-state index contributed by atoms with van der Waals surface area (Å²) in [5.41, 5.74) is 7.39. The number of hydrogen-bond acceptors (Lipinski definition) is 4. The lowest BCUT2D eigenvalue weighted by molar-refractivity contribution is 0.249. The zero-order valence-electron chi connectivity index (χ0n) is 16.7. The molecule has 1 aliphatic heterocycles. The normalized spacial score (nSPS) is 20.3. The summed E-state index contributed by atoms with van der Waals surface area (Å²) in [6.07, 6.45) is 9.89. The zero-order chi connectivity index (χ0) is 19.9. The van der Waals surface area contributed by atoms with E-state index in [4.69, 9.17) is 5.73 Å². The lowest BCUT2D eigenvalue weighted by Gasteiger charge is -2.32. The minimum atomic E-state index is -0.359. The minimum Gasteiger partial charge on any atom is -0.356 e. The first-order valence-electron chi connectivity index (χ1n) is 9.93. The molecule has 3 heterocycles. The van der Waals surface area contributed by atoms with Gasteiger partial charge in [-0.25, -0.2) is 9.37 Å². The third kappa shape index (κ3) is 3.49. The van der Waals surface area contributed by atoms with E-state index in [-0.39, 0.29) is 17.3 Å². The lowest BCUT2D eigenvalue weighted by Crippen LogP contribution is -2.42. The van der Waals surface area contributed by atoms with Gasteiger partial charge in [0.25, 0.3) is 0 Å². The van der Waals surface area contributed by atoms with Crippen molar-refractivity contribution < 1.29 is 4.39 Å². The van der Waals surface area contributed by atoms with Crippen molar-refractivity contribution in [2.45, 2.75) is 39.7 Å². The Morgan fingerprint density at radius 1 is 1.29 bits per heavy atom. The molecule has 4 rings (SSSR count). The van der Waals surface area contributed by atoms with Crippen LogP contribution in [0.1, 0.15) is 33.6 Å². The number of aromatic amines is 1. The fraction of sp³-hybridized carbons (Fsp3) is 0.455. The van der Waals surface area contributed by atoms with Crippen molar-refractivity contribution in [1.82, 2.24) is 15.2 Å². The van der Waals surface area contributed by atoms with Gasteiger partial charge < -0.3 is 10.6 Å². The molecule has 0 radical (unpaired) electrons. The van der Waals surface area contributed by atoms with Gasteiger partial charge in [0.15, 0.2) is 5.82 Å². The first kappa shape index (κ1) is 18.9. The molecule has 0 spiro atoms. The maximum absolute atomic E-state index is 14.7. The Labute approximate surface area is 164 Å². The fourth-order valence-electron chi connectivity index (χ4n) is 4.07. The Morgan fingerprint density at radius 3 is 2.89 bits per heavy atom. The summed E-state index contributed by atoms with van der Waals surface area (Å²) in [4.78, 5) is 6.87. The molecule has 148 valence electrons. The average molecular weight is 381 g/mol. The number of pyridine rings is 1. The number of H-pyrrole nitrogens is 1. The molecular weight excluding hydrogens is 353 g/mol. The topological polar surface area (TPSA) is 70.8 Å². The monoisotopic (exact) mass is 381 g/mol. The van der Waals surface area contributed by atoms with E-state index in [1.54, 1.807) is 6.07 Å². The molecule has 0 saturated carbocycles. The van der Waals surface area contributed by atoms with Crippen LogP contribution in [0.15, 0.2) is 24.3 Å². The maximum atomic E-state index is 14.7. The quantitative estimate of drug-likeness (QED) is 0.856. The van der Waals surface area contributed by atoms with E-state index in [1.807, 2.05) is 18.2 Å². The highest BCUT2D eigenvalue weighted by atomic mass is 19.1. The summed E-state index contributed by atoms with van der Waals surface area (Å²) < 4.78 is 14.7. The SMILES string of the molecule is CC(C)(C)C(N)C1CCN(c2ccc(F)c(-c3n[nH]c4c3=CC=CCC=4)n2)C1. The van der Waals surface area contributed by atoms with Crippen LogP contribution in [0, 0.1) is 17.2 Å². The van der Waals surface area contributed by atoms with Crippen LogP contribution >= 0.6 is 0 Å². The van der Waals surface area contributed by atoms with E-state index in [0.29, 0.717) is 17.3 Å². The Balaban J connectivity index is 1.66. The first-order chi connectivity index (χ1) is 13.3. The molecule has 6 heteroatoms. The highest BCUT2D eigenvalue weighted by Gasteiger charge is 2.34. The van der Waals surface area contributed by atoms with Crippen molar-refractivity contribution in [3.63, 3.8) is 0 Å². The van der Waals surface area contributed by atoms with Crippen molar-refractivity contribution in [1.29, 1.82) is 0 Å². The number of hydrogen-bond donors (Lipinski definition) is 2. The second kappa shape index (κ2) is 7.17. The summed E-state index contributed by atoms with van der Waals surface area (Å²) in [5.74, 6) is 0.830. The van der Waals surface area contributed by atoms with E-state index in [2.05, 4.69) is 46.9 Å². The Kier molecular flexibility index (Phi) is 4.83. The predicted octanol–water partition coefficient (Wildman–Crippen LogP) is 2.33. The molecule has 2 unspecified atom stereocenters. The second-order valence-corrected chi connectivity index (χ2v) is 8.82. The number of rotatable bonds is 3. The molecule has 0 amide bonds. The molecule has 2 aromatic rings. The van der Waals surface area contributed by atoms with E-state index < -0.39 is 0 Å². The molecule has 0 aromatic carbocycles. The second-order valence-electron chi connectivity index (χ2n) is 8.82. The lowest BCUT2D eigenvalue weighted by atomic mass is 9.79. The Bertz CT molecular complexity index is 1010. The van der Waals surface area contributed by atoms with Gasteiger partial charge in [-0.2, -0.15) is 5.10 Å². The molecule has 1 fully saturated rings. The molecule has 2 aliphatic rings. The maximum Gasteiger partial charge on any atom is 0.151 e. The van der Waals surface area contributed by atoms with Crippen LogP contribution in [0.5, 0.6) is 0 Å². The third-order valence-electron chi connectivity index (χ3n) is 5.80. The van der Waals surface area contributed by atoms with Gasteiger partial charge in [0.2, 0.25) is 0 Å². The molecule has 2 aromatic heterocycles. The molecule has 0 bridgehead atoms. The van der Waals surface area contributed by atoms with Crippen LogP contribution in [0.25, 0.3) is 23.5 Å². The van der Waals surface area contributed by atoms with Crippen molar-refractivity contribution >= 4 is 18.0 Å². The molecule has 2 atom stereocenters. The Morgan fingerprint density at radius 2 is 2.11 bits per heavy atom. The summed E-state index contributed by atoms with van der Waals surface area (Å²) in [7, 11) is 0. The first-order valence-corrected chi connectivity index (χ1v) is 9.93. The van der Waals surface area contributed by atoms with Crippen LogP contribution in [-0.4, -0.2) is 34.3 Å². The van der Waals surface area contributed by atoms with Crippen LogP contribution in [-0.2, 0) is 0 Å². The smallest absolute Gasteiger partial charge is 0.151 e. The standard InChI is InChI=1S/C22H28FN5/c1-22(2,3)21(24)14-11-12-28(13-14)18-10-9-16(23)20(25-18)19-15-7-5-4-6-8-17(15)26-27-19/h4-5,7-10,14,21,26H,6,11-13,24H2,1-3H3. The van der Waals surface area contributed by atoms with Crippen LogP contribution < -0.4 is 21.2 Å². The summed E-state index contributed by atoms with van der Waals surface area (Å²) >= 11 is 0. The van der Waals surface area contributed by atoms with E-state index in [1.165, 1.54) is 6.07 Å². The molecule has 3 N–H and O–H groups in total. The number of halogens is 1. The molecule has 1 saturated heterocycles. The number of allylic oxidation sites excluding steroid dienone is 2. The van der Waals surface area contributed by atoms with Crippen molar-refractivity contribution in [3.05, 3.63) is 40.7 Å². The predicted molar refractivity (Wildman–Crippen MR) is 111 cm³/mol. The van der Waals surface area contributed by atoms with Crippen molar-refractivity contribution in [3.8, 4) is 11.4 Å². The van der Waals surface area contributed by atoms with Gasteiger partial charge in [-0.3, -0.25) is 5.10 Å². The van der Waals surface area contributed by atoms with Gasteiger partial charge in [-0.05, 0) is 36.3 Å². The van der Waals surface area contributed by atoms with E-state index >= 15 is 0 Å². The minimum absolute atomic E-state index is 0.0640. The van der Waals surface area contributed by atoms with Gasteiger partial charge in [-0.1, -0.05) is 45.1 Å². The van der Waals surface area contributed by atoms with Gasteiger partial charge in [0.1, 0.15) is 17.2 Å². The number of nitrogens with two attached hydrogens (primary N) is 1. The summed E-state index contributed by atoms with van der Waals surface area (Å²) in [5, 5.41) is 9.14. The number of nitrogens with one attached hydrogen (secondary N) is 1. The van der Waals surface area contributed by atoms with Crippen LogP contribution in [0.4, 0.5) is 10.2 Å². The molecule has 5 nitrogen and oxygen atoms in total. The third-order valence-corrected chi connectivity index (χ3v) is 5.80. The number of nitrogens with zero attached hydrogens (tertiary/aromatic N) is 3. The van der Waals surface area contributed by atoms with Crippen LogP contribution in [0.3, 0.4) is 0 Å². The fourth-order valence-corrected chi connectivity index (χ4v) is 4.07. The van der Waals surface area contributed by atoms with Gasteiger partial charge in [0, 0.05) is 24.4 Å². The number of aromatic nitrogens is 3. The van der Waals surface area contributed by atoms with Crippen molar-refractivity contribution in [2.24, 2.45) is 17.1 Å². The molecular formula is C22H28FN5. The highest BCUT2D eigenvalue weighted by Crippen LogP contribution is 2.32. The Hall–Kier alpha value is -2.47. The summed E-state index contributed by atoms with van der Waals surface area (Å²) in [6.45, 7) is 8.27. The molecule has 28 heavy (non-hydrogen) atoms. The molecule has 1 aliphatic carbocycles. The van der Waals surface area contributed by atoms with E-state index in [0.717, 1.165) is 42.3 Å². The number of anilines is 1. The van der Waals surface area contributed by atoms with E-state index in [9.17, 15) is 4.39 Å². The van der Waals surface area contributed by atoms with Crippen LogP contribution in [0.2, 0.25) is 0 Å². The van der Waals surface area contributed by atoms with Gasteiger partial charge >= 0.3 is 0 Å². The van der Waals surface area contributed by atoms with Gasteiger partial charge in [-0.15, -0.1) is 0 Å². The van der Waals surface area contributed by atoms with Crippen molar-refractivity contribution in [2.75, 3.05) is 18.0 Å². The highest BCUT2D eigenvalue weighted by molar-refractivity contribution is 5.62.